The van der Waals surface area contributed by atoms with E-state index in [-0.39, 0.29) is 17.8 Å². The molecule has 0 radical (unpaired) electrons. The van der Waals surface area contributed by atoms with Crippen molar-refractivity contribution >= 4 is 50.0 Å². The van der Waals surface area contributed by atoms with Crippen LogP contribution in [-0.2, 0) is 14.3 Å². The van der Waals surface area contributed by atoms with Crippen molar-refractivity contribution < 1.29 is 14.3 Å². The van der Waals surface area contributed by atoms with E-state index in [1.165, 1.54) is 9.71 Å². The van der Waals surface area contributed by atoms with Crippen molar-refractivity contribution in [2.75, 3.05) is 32.1 Å². The maximum absolute atomic E-state index is 13.9. The highest BCUT2D eigenvalue weighted by Crippen LogP contribution is 2.41. The van der Waals surface area contributed by atoms with Crippen LogP contribution in [0.4, 0.5) is 5.69 Å². The van der Waals surface area contributed by atoms with Crippen LogP contribution in [0.5, 0.6) is 0 Å². The van der Waals surface area contributed by atoms with Gasteiger partial charge in [0.05, 0.1) is 44.9 Å². The highest BCUT2D eigenvalue weighted by atomic mass is 32.1. The van der Waals surface area contributed by atoms with E-state index in [9.17, 15) is 9.59 Å². The summed E-state index contributed by atoms with van der Waals surface area (Å²) in [6, 6.07) is 6.22. The fraction of sp³-hybridized carbons (Fsp3) is 0.559. The lowest BCUT2D eigenvalue weighted by atomic mass is 9.83. The van der Waals surface area contributed by atoms with Crippen LogP contribution in [0.2, 0.25) is 0 Å². The van der Waals surface area contributed by atoms with Gasteiger partial charge in [0.15, 0.2) is 6.23 Å². The number of carbonyl (C=O) groups is 2. The number of anilines is 1. The highest BCUT2D eigenvalue weighted by molar-refractivity contribution is 7.18. The Balaban J connectivity index is 1.13. The number of nitrogens with one attached hydrogen (secondary N) is 1. The van der Waals surface area contributed by atoms with Gasteiger partial charge in [-0.15, -0.1) is 11.3 Å². The van der Waals surface area contributed by atoms with Gasteiger partial charge in [0.25, 0.3) is 0 Å². The van der Waals surface area contributed by atoms with E-state index in [4.69, 9.17) is 9.72 Å². The molecule has 2 amide bonds. The minimum Gasteiger partial charge on any atom is -0.356 e. The number of hydrogen-bond acceptors (Lipinski definition) is 8. The fourth-order valence-electron chi connectivity index (χ4n) is 7.33. The minimum atomic E-state index is -0.664. The lowest BCUT2D eigenvalue weighted by Crippen LogP contribution is -2.46. The summed E-state index contributed by atoms with van der Waals surface area (Å²) in [6.45, 7) is 9.04. The summed E-state index contributed by atoms with van der Waals surface area (Å²) in [5.74, 6) is -0.441. The smallest absolute Gasteiger partial charge is 0.314 e. The number of rotatable bonds is 4. The van der Waals surface area contributed by atoms with Crippen molar-refractivity contribution in [2.24, 2.45) is 5.92 Å². The Kier molecular flexibility index (Phi) is 8.12. The number of aromatic nitrogens is 4. The molecule has 1 aromatic carbocycles. The number of ether oxygens (including phenoxy) is 1. The van der Waals surface area contributed by atoms with Crippen molar-refractivity contribution in [3.05, 3.63) is 47.4 Å². The van der Waals surface area contributed by atoms with Gasteiger partial charge >= 0.3 is 11.8 Å². The molecule has 0 aliphatic carbocycles. The van der Waals surface area contributed by atoms with Gasteiger partial charge in [-0.3, -0.25) is 14.6 Å². The normalized spacial score (nSPS) is 25.9. The van der Waals surface area contributed by atoms with Gasteiger partial charge in [0.2, 0.25) is 0 Å². The summed E-state index contributed by atoms with van der Waals surface area (Å²) in [5.41, 5.74) is 3.35. The lowest BCUT2D eigenvalue weighted by Gasteiger charge is -2.43. The number of piperidine rings is 2. The van der Waals surface area contributed by atoms with Gasteiger partial charge in [0.1, 0.15) is 0 Å². The molecule has 0 saturated carbocycles. The Morgan fingerprint density at radius 3 is 2.76 bits per heavy atom. The molecule has 45 heavy (non-hydrogen) atoms. The molecule has 4 atom stereocenters. The molecule has 3 saturated heterocycles. The molecule has 4 aromatic rings. The zero-order chi connectivity index (χ0) is 31.3. The van der Waals surface area contributed by atoms with E-state index < -0.39 is 11.8 Å². The zero-order valence-electron chi connectivity index (χ0n) is 26.7. The van der Waals surface area contributed by atoms with Crippen molar-refractivity contribution in [3.63, 3.8) is 0 Å². The van der Waals surface area contributed by atoms with E-state index in [1.54, 1.807) is 34.8 Å². The lowest BCUT2D eigenvalue weighted by molar-refractivity contribution is -0.146. The number of benzene rings is 1. The average molecular weight is 630 g/mol. The number of fused-ring (bicyclic) bond motifs is 2. The van der Waals surface area contributed by atoms with Crippen molar-refractivity contribution in [3.8, 4) is 0 Å². The number of pyridine rings is 1. The first-order valence-electron chi connectivity index (χ1n) is 16.3. The highest BCUT2D eigenvalue weighted by Gasteiger charge is 2.36. The molecule has 0 spiro atoms. The molecule has 238 valence electrons. The number of carbonyl (C=O) groups excluding carboxylic acids is 2. The van der Waals surface area contributed by atoms with Crippen LogP contribution in [0.15, 0.2) is 36.8 Å². The van der Waals surface area contributed by atoms with Gasteiger partial charge in [0, 0.05) is 36.2 Å². The van der Waals surface area contributed by atoms with E-state index >= 15 is 0 Å². The van der Waals surface area contributed by atoms with Crippen molar-refractivity contribution in [1.82, 2.24) is 29.5 Å². The number of hydrogen-bond donors (Lipinski definition) is 1. The predicted octanol–water partition coefficient (Wildman–Crippen LogP) is 6.27. The molecule has 3 aromatic heterocycles. The molecule has 11 heteroatoms. The zero-order valence-corrected chi connectivity index (χ0v) is 27.5. The van der Waals surface area contributed by atoms with E-state index in [0.717, 1.165) is 73.5 Å². The van der Waals surface area contributed by atoms with Crippen molar-refractivity contribution in [2.45, 2.75) is 89.4 Å². The van der Waals surface area contributed by atoms with Crippen LogP contribution in [0.25, 0.3) is 21.1 Å². The molecule has 10 nitrogen and oxygen atoms in total. The third kappa shape index (κ3) is 5.86. The number of nitrogens with zero attached hydrogens (tertiary/aromatic N) is 6. The summed E-state index contributed by atoms with van der Waals surface area (Å²) < 4.78 is 8.96. The van der Waals surface area contributed by atoms with E-state index in [0.29, 0.717) is 30.7 Å². The van der Waals surface area contributed by atoms with Gasteiger partial charge in [-0.2, -0.15) is 5.10 Å². The topological polar surface area (TPSA) is 105 Å². The Morgan fingerprint density at radius 2 is 1.96 bits per heavy atom. The molecule has 7 rings (SSSR count). The van der Waals surface area contributed by atoms with Gasteiger partial charge in [-0.1, -0.05) is 13.0 Å². The Morgan fingerprint density at radius 1 is 1.09 bits per heavy atom. The number of thiazole rings is 1. The summed E-state index contributed by atoms with van der Waals surface area (Å²) in [7, 11) is 2.21. The predicted molar refractivity (Wildman–Crippen MR) is 176 cm³/mol. The van der Waals surface area contributed by atoms with Crippen LogP contribution in [0, 0.1) is 5.92 Å². The standard InChI is InChI=1S/C34H43N7O3S/c1-21-8-10-27(22-9-11-28-25(15-22)38-32(45-28)23-12-13-39(4)34(2,3)16-23)40(20-21)33(43)31(42)37-26-19-35-17-24-18-36-41(30(24)26)29-7-5-6-14-44-29/h9,11,15,17-19,21,23,27,29H,5-8,10,12-14,16,20H2,1-4H3,(H,37,42)/t21-,23?,27+,29?/m0/s1. The molecule has 2 unspecified atom stereocenters. The molecule has 1 N–H and O–H groups in total. The molecule has 3 fully saturated rings. The third-order valence-electron chi connectivity index (χ3n) is 10.2. The number of likely N-dealkylation sites (tertiary alicyclic amines) is 2. The molecule has 0 bridgehead atoms. The first-order valence-corrected chi connectivity index (χ1v) is 17.2. The van der Waals surface area contributed by atoms with Crippen LogP contribution >= 0.6 is 11.3 Å². The maximum atomic E-state index is 13.9. The van der Waals surface area contributed by atoms with Gasteiger partial charge in [-0.25, -0.2) is 9.67 Å². The van der Waals surface area contributed by atoms with E-state index in [1.807, 2.05) is 4.68 Å². The molecule has 3 aliphatic rings. The molecular weight excluding hydrogens is 586 g/mol. The van der Waals surface area contributed by atoms with Crippen LogP contribution in [0.3, 0.4) is 0 Å². The Bertz CT molecular complexity index is 1730. The second kappa shape index (κ2) is 12.1. The molecule has 6 heterocycles. The largest absolute Gasteiger partial charge is 0.356 e. The third-order valence-corrected chi connectivity index (χ3v) is 11.4. The summed E-state index contributed by atoms with van der Waals surface area (Å²) in [4.78, 5) is 41.1. The van der Waals surface area contributed by atoms with Crippen LogP contribution in [0.1, 0.15) is 94.5 Å². The minimum absolute atomic E-state index is 0.150. The Hall–Kier alpha value is -3.41. The second-order valence-corrected chi connectivity index (χ2v) is 14.9. The van der Waals surface area contributed by atoms with Crippen LogP contribution < -0.4 is 5.32 Å². The quantitative estimate of drug-likeness (QED) is 0.266. The van der Waals surface area contributed by atoms with Crippen LogP contribution in [-0.4, -0.2) is 73.6 Å². The first kappa shape index (κ1) is 30.3. The van der Waals surface area contributed by atoms with Crippen molar-refractivity contribution in [1.29, 1.82) is 0 Å². The molecular formula is C34H43N7O3S. The average Bonchev–Trinajstić information content (AvgIpc) is 3.67. The SMILES string of the molecule is C[C@H]1CC[C@H](c2ccc3sc(C4CCN(C)C(C)(C)C4)nc3c2)N(C(=O)C(=O)Nc2cncc3cnn(C4CCCCO4)c23)C1. The van der Waals surface area contributed by atoms with Gasteiger partial charge < -0.3 is 19.9 Å². The number of amides is 2. The Labute approximate surface area is 268 Å². The molecule has 3 aliphatic heterocycles. The summed E-state index contributed by atoms with van der Waals surface area (Å²) >= 11 is 1.79. The second-order valence-electron chi connectivity index (χ2n) is 13.8. The van der Waals surface area contributed by atoms with Gasteiger partial charge in [-0.05, 0) is 96.0 Å². The van der Waals surface area contributed by atoms with E-state index in [2.05, 4.69) is 66.3 Å². The summed E-state index contributed by atoms with van der Waals surface area (Å²) in [5, 5.41) is 9.43. The maximum Gasteiger partial charge on any atom is 0.314 e. The monoisotopic (exact) mass is 629 g/mol. The first-order chi connectivity index (χ1) is 21.7. The fourth-order valence-corrected chi connectivity index (χ4v) is 8.41. The summed E-state index contributed by atoms with van der Waals surface area (Å²) in [6.07, 6.45) is 11.7.